The molecule has 1 aliphatic carbocycles. The van der Waals surface area contributed by atoms with Crippen molar-refractivity contribution in [3.8, 4) is 33.4 Å². The van der Waals surface area contributed by atoms with Crippen molar-refractivity contribution >= 4 is 71.7 Å². The molecule has 3 nitrogen and oxygen atoms in total. The van der Waals surface area contributed by atoms with E-state index in [1.807, 2.05) is 6.07 Å². The fourth-order valence-corrected chi connectivity index (χ4v) is 9.71. The van der Waals surface area contributed by atoms with Crippen LogP contribution in [0.1, 0.15) is 25.0 Å². The highest BCUT2D eigenvalue weighted by atomic mass is 16.3. The van der Waals surface area contributed by atoms with Crippen LogP contribution in [0.3, 0.4) is 0 Å². The van der Waals surface area contributed by atoms with Gasteiger partial charge in [0.1, 0.15) is 22.3 Å². The van der Waals surface area contributed by atoms with Crippen LogP contribution in [0.4, 0.5) is 17.1 Å². The van der Waals surface area contributed by atoms with Gasteiger partial charge in [0.05, 0.1) is 16.8 Å². The van der Waals surface area contributed by atoms with E-state index in [2.05, 4.69) is 201 Å². The lowest BCUT2D eigenvalue weighted by atomic mass is 9.81. The molecule has 0 aliphatic heterocycles. The third-order valence-electron chi connectivity index (χ3n) is 12.5. The van der Waals surface area contributed by atoms with E-state index < -0.39 is 0 Å². The van der Waals surface area contributed by atoms with Crippen LogP contribution in [-0.2, 0) is 5.41 Å². The first kappa shape index (κ1) is 32.8. The quantitative estimate of drug-likeness (QED) is 0.176. The Balaban J connectivity index is 1.15. The predicted octanol–water partition coefficient (Wildman–Crippen LogP) is 15.7. The van der Waals surface area contributed by atoms with Crippen LogP contribution in [0.15, 0.2) is 197 Å². The summed E-state index contributed by atoms with van der Waals surface area (Å²) in [4.78, 5) is 2.39. The predicted molar refractivity (Wildman–Crippen MR) is 242 cm³/mol. The molecule has 11 aromatic rings. The van der Waals surface area contributed by atoms with Crippen LogP contribution in [0.5, 0.6) is 0 Å². The molecule has 1 aliphatic rings. The maximum absolute atomic E-state index is 7.16. The van der Waals surface area contributed by atoms with Gasteiger partial charge in [-0.1, -0.05) is 153 Å². The Labute approximate surface area is 336 Å². The monoisotopic (exact) mass is 743 g/mol. The first-order chi connectivity index (χ1) is 28.5. The smallest absolute Gasteiger partial charge is 0.144 e. The van der Waals surface area contributed by atoms with Crippen LogP contribution in [0, 0.1) is 0 Å². The molecule has 0 saturated heterocycles. The van der Waals surface area contributed by atoms with E-state index in [9.17, 15) is 0 Å². The van der Waals surface area contributed by atoms with Gasteiger partial charge in [-0.3, -0.25) is 0 Å². The van der Waals surface area contributed by atoms with Crippen molar-refractivity contribution in [3.63, 3.8) is 0 Å². The average Bonchev–Trinajstić information content (AvgIpc) is 3.91. The normalized spacial score (nSPS) is 13.1. The molecule has 0 N–H and O–H groups in total. The number of rotatable bonds is 5. The minimum absolute atomic E-state index is 0.149. The van der Waals surface area contributed by atoms with Gasteiger partial charge in [-0.2, -0.15) is 0 Å². The molecule has 0 atom stereocenters. The lowest BCUT2D eigenvalue weighted by molar-refractivity contribution is 0.660. The minimum Gasteiger partial charge on any atom is -0.456 e. The first-order valence-corrected chi connectivity index (χ1v) is 20.0. The third kappa shape index (κ3) is 4.74. The van der Waals surface area contributed by atoms with Gasteiger partial charge in [0.25, 0.3) is 0 Å². The molecule has 0 unspecified atom stereocenters. The second-order valence-corrected chi connectivity index (χ2v) is 16.0. The number of hydrogen-bond acceptors (Lipinski definition) is 3. The van der Waals surface area contributed by atoms with Crippen molar-refractivity contribution in [2.24, 2.45) is 0 Å². The van der Waals surface area contributed by atoms with Gasteiger partial charge >= 0.3 is 0 Å². The van der Waals surface area contributed by atoms with Gasteiger partial charge in [-0.05, 0) is 92.9 Å². The Morgan fingerprint density at radius 3 is 1.95 bits per heavy atom. The molecule has 0 radical (unpaired) electrons. The zero-order valence-corrected chi connectivity index (χ0v) is 32.2. The van der Waals surface area contributed by atoms with E-state index >= 15 is 0 Å². The SMILES string of the molecule is CC1(C)c2ccccc2-c2ccc(-c3c4oc5cccc(N(c6ccc(-c7ccccc7)cc6)c6cccc7ccccc67)c5c4cc4oc5ccccc5c34)cc21. The van der Waals surface area contributed by atoms with E-state index in [0.717, 1.165) is 72.1 Å². The van der Waals surface area contributed by atoms with Crippen LogP contribution in [-0.4, -0.2) is 0 Å². The average molecular weight is 744 g/mol. The lowest BCUT2D eigenvalue weighted by Crippen LogP contribution is -2.14. The number of nitrogens with zero attached hydrogens (tertiary/aromatic N) is 1. The number of hydrogen-bond donors (Lipinski definition) is 0. The number of para-hydroxylation sites is 1. The second kappa shape index (κ2) is 12.3. The van der Waals surface area contributed by atoms with Crippen LogP contribution in [0.2, 0.25) is 0 Å². The summed E-state index contributed by atoms with van der Waals surface area (Å²) >= 11 is 0. The van der Waals surface area contributed by atoms with Gasteiger partial charge in [0.2, 0.25) is 0 Å². The summed E-state index contributed by atoms with van der Waals surface area (Å²) in [7, 11) is 0. The van der Waals surface area contributed by atoms with E-state index in [1.165, 1.54) is 44.2 Å². The maximum atomic E-state index is 7.16. The largest absolute Gasteiger partial charge is 0.456 e. The van der Waals surface area contributed by atoms with Crippen LogP contribution in [0.25, 0.3) is 88.0 Å². The van der Waals surface area contributed by atoms with Gasteiger partial charge in [-0.25, -0.2) is 0 Å². The summed E-state index contributed by atoms with van der Waals surface area (Å²) in [6.07, 6.45) is 0. The molecule has 0 amide bonds. The Bertz CT molecular complexity index is 3420. The summed E-state index contributed by atoms with van der Waals surface area (Å²) in [6.45, 7) is 4.68. The summed E-state index contributed by atoms with van der Waals surface area (Å²) in [5.41, 5.74) is 16.2. The highest BCUT2D eigenvalue weighted by Crippen LogP contribution is 2.53. The third-order valence-corrected chi connectivity index (χ3v) is 12.5. The van der Waals surface area contributed by atoms with E-state index in [0.29, 0.717) is 0 Å². The molecular weight excluding hydrogens is 707 g/mol. The van der Waals surface area contributed by atoms with Crippen molar-refractivity contribution in [1.29, 1.82) is 0 Å². The molecule has 0 fully saturated rings. The topological polar surface area (TPSA) is 29.5 Å². The zero-order chi connectivity index (χ0) is 38.5. The maximum Gasteiger partial charge on any atom is 0.144 e. The fraction of sp³-hybridized carbons (Fsp3) is 0.0545. The van der Waals surface area contributed by atoms with Gasteiger partial charge in [-0.15, -0.1) is 0 Å². The van der Waals surface area contributed by atoms with E-state index in [-0.39, 0.29) is 5.41 Å². The van der Waals surface area contributed by atoms with Gasteiger partial charge in [0, 0.05) is 38.2 Å². The molecule has 0 spiro atoms. The van der Waals surface area contributed by atoms with Crippen molar-refractivity contribution < 1.29 is 8.83 Å². The van der Waals surface area contributed by atoms with Crippen LogP contribution < -0.4 is 4.90 Å². The fourth-order valence-electron chi connectivity index (χ4n) is 9.71. The first-order valence-electron chi connectivity index (χ1n) is 20.0. The van der Waals surface area contributed by atoms with Gasteiger partial charge < -0.3 is 13.7 Å². The summed E-state index contributed by atoms with van der Waals surface area (Å²) in [6, 6.07) is 67.5. The van der Waals surface area contributed by atoms with E-state index in [4.69, 9.17) is 8.83 Å². The molecule has 58 heavy (non-hydrogen) atoms. The highest BCUT2D eigenvalue weighted by molar-refractivity contribution is 6.26. The number of benzene rings is 9. The number of fused-ring (bicyclic) bond motifs is 10. The van der Waals surface area contributed by atoms with Crippen molar-refractivity contribution in [2.75, 3.05) is 4.90 Å². The Morgan fingerprint density at radius 1 is 0.414 bits per heavy atom. The van der Waals surface area contributed by atoms with Gasteiger partial charge in [0.15, 0.2) is 0 Å². The molecule has 0 saturated carbocycles. The van der Waals surface area contributed by atoms with E-state index in [1.54, 1.807) is 0 Å². The molecule has 0 bridgehead atoms. The molecule has 12 rings (SSSR count). The molecule has 274 valence electrons. The lowest BCUT2D eigenvalue weighted by Gasteiger charge is -2.27. The summed E-state index contributed by atoms with van der Waals surface area (Å²) in [5, 5.41) is 6.55. The molecular formula is C55H37NO2. The Hall–Kier alpha value is -7.36. The van der Waals surface area contributed by atoms with Crippen molar-refractivity contribution in [2.45, 2.75) is 19.3 Å². The molecule has 9 aromatic carbocycles. The Morgan fingerprint density at radius 2 is 1.07 bits per heavy atom. The summed E-state index contributed by atoms with van der Waals surface area (Å²) in [5.74, 6) is 0. The highest BCUT2D eigenvalue weighted by Gasteiger charge is 2.36. The summed E-state index contributed by atoms with van der Waals surface area (Å²) < 4.78 is 13.9. The van der Waals surface area contributed by atoms with Crippen molar-refractivity contribution in [3.05, 3.63) is 199 Å². The standard InChI is InChI=1S/C55H37NO2/c1-55(2)44-21-10-8-19-40(44)41-31-28-37(32-45(41)55)51-53-42-20-9-11-24-48(42)57-50(53)33-43-52-47(23-13-25-49(52)58-54(43)51)56(46-22-12-17-36-16-6-7-18-39(36)46)38-29-26-35(27-30-38)34-14-4-3-5-15-34/h3-33H,1-2H3. The molecule has 2 heterocycles. The number of anilines is 3. The van der Waals surface area contributed by atoms with Crippen LogP contribution >= 0.6 is 0 Å². The Kier molecular flexibility index (Phi) is 6.98. The second-order valence-electron chi connectivity index (χ2n) is 16.0. The van der Waals surface area contributed by atoms with Crippen molar-refractivity contribution in [1.82, 2.24) is 0 Å². The zero-order valence-electron chi connectivity index (χ0n) is 32.2. The molecule has 2 aromatic heterocycles. The minimum atomic E-state index is -0.149. The molecule has 3 heteroatoms. The number of furan rings is 2.